The second kappa shape index (κ2) is 6.78. The Kier molecular flexibility index (Phi) is 5.31. The molecule has 0 amide bonds. The van der Waals surface area contributed by atoms with Crippen LogP contribution >= 0.6 is 0 Å². The van der Waals surface area contributed by atoms with Crippen molar-refractivity contribution in [2.24, 2.45) is 23.2 Å². The third-order valence-electron chi connectivity index (χ3n) is 5.84. The zero-order valence-corrected chi connectivity index (χ0v) is 13.0. The van der Waals surface area contributed by atoms with E-state index in [4.69, 9.17) is 0 Å². The number of hydrogen-bond acceptors (Lipinski definition) is 1. The molecule has 2 fully saturated rings. The quantitative estimate of drug-likeness (QED) is 0.622. The average Bonchev–Trinajstić information content (AvgIpc) is 2.45. The van der Waals surface area contributed by atoms with Gasteiger partial charge in [0.2, 0.25) is 0 Å². The molecule has 0 saturated heterocycles. The van der Waals surface area contributed by atoms with E-state index in [2.05, 4.69) is 19.9 Å². The minimum absolute atomic E-state index is 0.0504. The molecule has 2 rings (SSSR count). The van der Waals surface area contributed by atoms with Crippen LogP contribution in [0.25, 0.3) is 0 Å². The Hall–Kier alpha value is -0.510. The molecule has 1 nitrogen and oxygen atoms in total. The molecule has 0 heterocycles. The van der Waals surface area contributed by atoms with E-state index < -0.39 is 0 Å². The van der Waals surface area contributed by atoms with Crippen molar-refractivity contribution in [3.05, 3.63) is 0 Å². The van der Waals surface area contributed by atoms with E-state index in [0.717, 1.165) is 24.2 Å². The van der Waals surface area contributed by atoms with Gasteiger partial charge in [0.1, 0.15) is 0 Å². The van der Waals surface area contributed by atoms with Crippen LogP contribution in [0.3, 0.4) is 0 Å². The molecule has 2 aliphatic rings. The van der Waals surface area contributed by atoms with Crippen LogP contribution in [0, 0.1) is 34.5 Å². The van der Waals surface area contributed by atoms with Crippen molar-refractivity contribution in [1.29, 1.82) is 5.26 Å². The Bertz CT molecular complexity index is 316. The van der Waals surface area contributed by atoms with Gasteiger partial charge in [0.15, 0.2) is 0 Å². The normalized spacial score (nSPS) is 38.5. The minimum atomic E-state index is 0.0504. The predicted octanol–water partition coefficient (Wildman–Crippen LogP) is 5.70. The molecule has 0 aromatic rings. The molecule has 0 N–H and O–H groups in total. The lowest BCUT2D eigenvalue weighted by Crippen LogP contribution is -2.36. The lowest BCUT2D eigenvalue weighted by molar-refractivity contribution is 0.0622. The molecule has 2 saturated carbocycles. The van der Waals surface area contributed by atoms with Crippen molar-refractivity contribution in [2.45, 2.75) is 84.5 Å². The van der Waals surface area contributed by atoms with Crippen molar-refractivity contribution in [2.75, 3.05) is 0 Å². The Morgan fingerprint density at radius 1 is 1.11 bits per heavy atom. The predicted molar refractivity (Wildman–Crippen MR) is 80.7 cm³/mol. The highest BCUT2D eigenvalue weighted by Gasteiger charge is 2.42. The maximum Gasteiger partial charge on any atom is 0.0689 e. The van der Waals surface area contributed by atoms with Gasteiger partial charge in [-0.05, 0) is 56.3 Å². The second-order valence-corrected chi connectivity index (χ2v) is 7.23. The highest BCUT2D eigenvalue weighted by Crippen LogP contribution is 2.51. The van der Waals surface area contributed by atoms with Gasteiger partial charge in [-0.15, -0.1) is 0 Å². The van der Waals surface area contributed by atoms with E-state index in [1.54, 1.807) is 0 Å². The first-order chi connectivity index (χ1) is 9.23. The molecule has 0 aromatic carbocycles. The number of rotatable bonds is 5. The second-order valence-electron chi connectivity index (χ2n) is 7.23. The molecule has 0 radical (unpaired) electrons. The Labute approximate surface area is 119 Å². The van der Waals surface area contributed by atoms with Crippen molar-refractivity contribution in [3.8, 4) is 6.07 Å². The summed E-state index contributed by atoms with van der Waals surface area (Å²) in [6, 6.07) is 2.72. The van der Waals surface area contributed by atoms with Gasteiger partial charge in [-0.2, -0.15) is 5.26 Å². The van der Waals surface area contributed by atoms with Gasteiger partial charge in [-0.3, -0.25) is 0 Å². The van der Waals surface area contributed by atoms with Crippen LogP contribution in [-0.2, 0) is 0 Å². The Morgan fingerprint density at radius 2 is 1.95 bits per heavy atom. The summed E-state index contributed by atoms with van der Waals surface area (Å²) in [7, 11) is 0. The number of fused-ring (bicyclic) bond motifs is 1. The summed E-state index contributed by atoms with van der Waals surface area (Å²) in [5.41, 5.74) is 0.0504. The van der Waals surface area contributed by atoms with Gasteiger partial charge in [0.05, 0.1) is 11.5 Å². The highest BCUT2D eigenvalue weighted by molar-refractivity contribution is 5.04. The molecule has 19 heavy (non-hydrogen) atoms. The monoisotopic (exact) mass is 261 g/mol. The molecule has 2 aliphatic carbocycles. The Morgan fingerprint density at radius 3 is 2.63 bits per heavy atom. The maximum absolute atomic E-state index is 9.64. The van der Waals surface area contributed by atoms with Gasteiger partial charge in [-0.1, -0.05) is 46.0 Å². The summed E-state index contributed by atoms with van der Waals surface area (Å²) in [6.45, 7) is 4.56. The third kappa shape index (κ3) is 3.53. The molecular formula is C18H31N. The first-order valence-electron chi connectivity index (χ1n) is 8.64. The van der Waals surface area contributed by atoms with Crippen molar-refractivity contribution in [1.82, 2.24) is 0 Å². The number of unbranched alkanes of at least 4 members (excludes halogenated alkanes) is 1. The summed E-state index contributed by atoms with van der Waals surface area (Å²) < 4.78 is 0. The first kappa shape index (κ1) is 14.9. The number of nitrogens with zero attached hydrogens (tertiary/aromatic N) is 1. The molecule has 1 unspecified atom stereocenters. The molecular weight excluding hydrogens is 230 g/mol. The zero-order valence-electron chi connectivity index (χ0n) is 13.0. The lowest BCUT2D eigenvalue weighted by Gasteiger charge is -2.45. The van der Waals surface area contributed by atoms with Crippen molar-refractivity contribution < 1.29 is 0 Å². The minimum Gasteiger partial charge on any atom is -0.198 e. The number of hydrogen-bond donors (Lipinski definition) is 0. The van der Waals surface area contributed by atoms with Crippen LogP contribution in [-0.4, -0.2) is 0 Å². The summed E-state index contributed by atoms with van der Waals surface area (Å²) in [5.74, 6) is 2.82. The fraction of sp³-hybridized carbons (Fsp3) is 0.944. The van der Waals surface area contributed by atoms with E-state index in [0.29, 0.717) is 0 Å². The van der Waals surface area contributed by atoms with Gasteiger partial charge in [-0.25, -0.2) is 0 Å². The summed E-state index contributed by atoms with van der Waals surface area (Å²) in [4.78, 5) is 0. The average molecular weight is 261 g/mol. The Balaban J connectivity index is 1.92. The molecule has 108 valence electrons. The maximum atomic E-state index is 9.64. The van der Waals surface area contributed by atoms with Gasteiger partial charge in [0, 0.05) is 0 Å². The topological polar surface area (TPSA) is 23.8 Å². The lowest BCUT2D eigenvalue weighted by atomic mass is 9.58. The molecule has 0 aliphatic heterocycles. The van der Waals surface area contributed by atoms with E-state index in [1.807, 2.05) is 0 Å². The number of nitriles is 1. The molecule has 1 heteroatoms. The van der Waals surface area contributed by atoms with Crippen molar-refractivity contribution in [3.63, 3.8) is 0 Å². The summed E-state index contributed by atoms with van der Waals surface area (Å²) >= 11 is 0. The fourth-order valence-electron chi connectivity index (χ4n) is 4.68. The van der Waals surface area contributed by atoms with Crippen LogP contribution < -0.4 is 0 Å². The van der Waals surface area contributed by atoms with Gasteiger partial charge >= 0.3 is 0 Å². The SMILES string of the molecule is CCCC[C@]1(C#N)CC[C@@H]2C[C@@H](CCC)CCC2C1. The van der Waals surface area contributed by atoms with E-state index in [-0.39, 0.29) is 5.41 Å². The summed E-state index contributed by atoms with van der Waals surface area (Å²) in [5, 5.41) is 9.64. The van der Waals surface area contributed by atoms with Crippen LogP contribution in [0.4, 0.5) is 0 Å². The van der Waals surface area contributed by atoms with Crippen molar-refractivity contribution >= 4 is 0 Å². The third-order valence-corrected chi connectivity index (χ3v) is 5.84. The van der Waals surface area contributed by atoms with Gasteiger partial charge in [0.25, 0.3) is 0 Å². The molecule has 0 aromatic heterocycles. The summed E-state index contributed by atoms with van der Waals surface area (Å²) in [6.07, 6.45) is 14.5. The van der Waals surface area contributed by atoms with Crippen LogP contribution in [0.1, 0.15) is 84.5 Å². The molecule has 0 spiro atoms. The van der Waals surface area contributed by atoms with Crippen LogP contribution in [0.5, 0.6) is 0 Å². The van der Waals surface area contributed by atoms with E-state index in [9.17, 15) is 5.26 Å². The van der Waals surface area contributed by atoms with E-state index in [1.165, 1.54) is 64.2 Å². The smallest absolute Gasteiger partial charge is 0.0689 e. The zero-order chi connectivity index (χ0) is 13.7. The highest BCUT2D eigenvalue weighted by atomic mass is 14.5. The van der Waals surface area contributed by atoms with Crippen LogP contribution in [0.15, 0.2) is 0 Å². The largest absolute Gasteiger partial charge is 0.198 e. The molecule has 4 atom stereocenters. The van der Waals surface area contributed by atoms with Crippen LogP contribution in [0.2, 0.25) is 0 Å². The van der Waals surface area contributed by atoms with Gasteiger partial charge < -0.3 is 0 Å². The standard InChI is InChI=1S/C18H31N/c1-3-5-10-18(14-19)11-9-16-12-15(6-4-2)7-8-17(16)13-18/h15-17H,3-13H2,1-2H3/t15-,16+,17?,18-/m0/s1. The first-order valence-corrected chi connectivity index (χ1v) is 8.64. The van der Waals surface area contributed by atoms with E-state index >= 15 is 0 Å². The molecule has 0 bridgehead atoms. The fourth-order valence-corrected chi connectivity index (χ4v) is 4.68.